The highest BCUT2D eigenvalue weighted by atomic mass is 14.1. The lowest BCUT2D eigenvalue weighted by molar-refractivity contribution is 1.67. The van der Waals surface area contributed by atoms with E-state index in [-0.39, 0.29) is 21.5 Å². The number of benzene rings is 4. The Morgan fingerprint density at radius 1 is 0.450 bits per heavy atom. The molecule has 0 heteroatoms. The number of fused-ring (bicyclic) bond motifs is 2. The van der Waals surface area contributed by atoms with Crippen molar-refractivity contribution in [3.8, 4) is 11.1 Å². The molecule has 0 amide bonds. The summed E-state index contributed by atoms with van der Waals surface area (Å²) < 4.78 is 115. The molecular formula is C20H14. The molecule has 0 N–H and O–H groups in total. The molecule has 0 spiro atoms. The van der Waals surface area contributed by atoms with Crippen LogP contribution >= 0.6 is 0 Å². The molecule has 0 nitrogen and oxygen atoms in total. The molecule has 0 aromatic heterocycles. The first-order chi connectivity index (χ1) is 15.7. The maximum atomic E-state index is 8.63. The molecule has 0 saturated carbocycles. The average molecular weight is 268 g/mol. The van der Waals surface area contributed by atoms with Crippen LogP contribution in [-0.4, -0.2) is 0 Å². The molecule has 20 heavy (non-hydrogen) atoms. The Bertz CT molecular complexity index is 1470. The van der Waals surface area contributed by atoms with Crippen LogP contribution in [0.2, 0.25) is 0 Å². The van der Waals surface area contributed by atoms with Crippen molar-refractivity contribution in [2.24, 2.45) is 0 Å². The highest BCUT2D eigenvalue weighted by Gasteiger charge is 2.01. The second-order valence-electron chi connectivity index (χ2n) is 4.00. The third-order valence-corrected chi connectivity index (χ3v) is 2.75. The third kappa shape index (κ3) is 1.86. The predicted molar refractivity (Wildman–Crippen MR) is 86.9 cm³/mol. The van der Waals surface area contributed by atoms with E-state index in [1.165, 1.54) is 0 Å². The second-order valence-corrected chi connectivity index (χ2v) is 4.00. The van der Waals surface area contributed by atoms with Crippen molar-refractivity contribution in [2.45, 2.75) is 0 Å². The van der Waals surface area contributed by atoms with Gasteiger partial charge < -0.3 is 0 Å². The van der Waals surface area contributed by atoms with E-state index in [4.69, 9.17) is 19.2 Å². The van der Waals surface area contributed by atoms with Gasteiger partial charge in [0.15, 0.2) is 0 Å². The number of hydrogen-bond acceptors (Lipinski definition) is 0. The highest BCUT2D eigenvalue weighted by Crippen LogP contribution is 2.27. The van der Waals surface area contributed by atoms with E-state index in [0.717, 1.165) is 0 Å². The molecule has 0 heterocycles. The second kappa shape index (κ2) is 4.50. The summed E-state index contributed by atoms with van der Waals surface area (Å²) in [6, 6.07) is -9.14. The molecule has 94 valence electrons. The Morgan fingerprint density at radius 2 is 0.850 bits per heavy atom. The number of hydrogen-bond donors (Lipinski definition) is 0. The summed E-state index contributed by atoms with van der Waals surface area (Å²) in [5.41, 5.74) is -0.999. The molecule has 0 saturated heterocycles. The lowest BCUT2D eigenvalue weighted by Gasteiger charge is -2.06. The van der Waals surface area contributed by atoms with Gasteiger partial charge in [0.2, 0.25) is 0 Å². The zero-order valence-corrected chi connectivity index (χ0v) is 10.0. The summed E-state index contributed by atoms with van der Waals surface area (Å²) >= 11 is 0. The summed E-state index contributed by atoms with van der Waals surface area (Å²) in [5, 5.41) is -1.50. The minimum Gasteiger partial charge on any atom is -0.0616 e. The van der Waals surface area contributed by atoms with Crippen LogP contribution in [-0.2, 0) is 0 Å². The molecule has 0 bridgehead atoms. The van der Waals surface area contributed by atoms with E-state index in [2.05, 4.69) is 0 Å². The first kappa shape index (κ1) is 3.95. The van der Waals surface area contributed by atoms with Crippen LogP contribution in [0, 0.1) is 0 Å². The summed E-state index contributed by atoms with van der Waals surface area (Å²) in [7, 11) is 0. The third-order valence-electron chi connectivity index (χ3n) is 2.75. The first-order valence-electron chi connectivity index (χ1n) is 12.8. The van der Waals surface area contributed by atoms with Crippen molar-refractivity contribution in [2.75, 3.05) is 0 Å². The summed E-state index contributed by atoms with van der Waals surface area (Å²) in [5.74, 6) is 0. The van der Waals surface area contributed by atoms with Gasteiger partial charge in [-0.25, -0.2) is 0 Å². The van der Waals surface area contributed by atoms with Gasteiger partial charge in [0.25, 0.3) is 0 Å². The Labute approximate surface area is 138 Å². The Morgan fingerprint density at radius 3 is 1.30 bits per heavy atom. The van der Waals surface area contributed by atoms with Gasteiger partial charge in [0, 0.05) is 0 Å². The fraction of sp³-hybridized carbons (Fsp3) is 0. The van der Waals surface area contributed by atoms with Crippen LogP contribution in [0.5, 0.6) is 0 Å². The minimum atomic E-state index is -0.705. The predicted octanol–water partition coefficient (Wildman–Crippen LogP) is 5.66. The zero-order valence-electron chi connectivity index (χ0n) is 24.0. The van der Waals surface area contributed by atoms with Crippen molar-refractivity contribution >= 4 is 21.5 Å². The first-order valence-corrected chi connectivity index (χ1v) is 5.75. The molecular weight excluding hydrogens is 240 g/mol. The van der Waals surface area contributed by atoms with E-state index in [9.17, 15) is 0 Å². The summed E-state index contributed by atoms with van der Waals surface area (Å²) in [4.78, 5) is 0. The highest BCUT2D eigenvalue weighted by molar-refractivity contribution is 5.91. The topological polar surface area (TPSA) is 0 Å². The quantitative estimate of drug-likeness (QED) is 0.418. The lowest BCUT2D eigenvalue weighted by Crippen LogP contribution is -1.80. The number of rotatable bonds is 1. The van der Waals surface area contributed by atoms with E-state index in [1.54, 1.807) is 0 Å². The van der Waals surface area contributed by atoms with Gasteiger partial charge >= 0.3 is 0 Å². The standard InChI is InChI=1S/C20H14/c1-3-7-17-13-19(11-9-15(17)5-1)20-12-10-16-6-2-4-8-18(16)14-20/h1-14H/i1D,2D,3D,4D,5D,6D,7D,8D,9D,10D,11D,12D,13D,14D. The van der Waals surface area contributed by atoms with Gasteiger partial charge in [-0.2, -0.15) is 0 Å². The molecule has 0 radical (unpaired) electrons. The maximum Gasteiger partial charge on any atom is 0.0636 e. The average Bonchev–Trinajstić information content (AvgIpc) is 2.80. The monoisotopic (exact) mass is 268 g/mol. The van der Waals surface area contributed by atoms with Crippen LogP contribution in [0.25, 0.3) is 32.7 Å². The van der Waals surface area contributed by atoms with Crippen LogP contribution < -0.4 is 0 Å². The van der Waals surface area contributed by atoms with Crippen molar-refractivity contribution < 1.29 is 19.2 Å². The molecule has 0 aliphatic heterocycles. The van der Waals surface area contributed by atoms with Gasteiger partial charge in [-0.1, -0.05) is 72.5 Å². The largest absolute Gasteiger partial charge is 0.0636 e. The van der Waals surface area contributed by atoms with Crippen LogP contribution in [0.4, 0.5) is 0 Å². The van der Waals surface area contributed by atoms with Crippen LogP contribution in [0.3, 0.4) is 0 Å². The smallest absolute Gasteiger partial charge is 0.0616 e. The Kier molecular flexibility index (Phi) is 0.890. The molecule has 0 aliphatic carbocycles. The van der Waals surface area contributed by atoms with Crippen molar-refractivity contribution in [3.05, 3.63) is 84.6 Å². The molecule has 0 aliphatic rings. The SMILES string of the molecule is [2H]c1c([2H])c([2H])c2c([2H])c(-c3c([2H])c([2H])c4c([2H])c([2H])c([2H])c([2H])c4c3[2H])c([2H])c([2H])c2c1[2H]. The van der Waals surface area contributed by atoms with Crippen molar-refractivity contribution in [3.63, 3.8) is 0 Å². The maximum absolute atomic E-state index is 8.63. The molecule has 4 aromatic carbocycles. The van der Waals surface area contributed by atoms with Gasteiger partial charge in [-0.15, -0.1) is 0 Å². The van der Waals surface area contributed by atoms with Gasteiger partial charge in [0.05, 0.1) is 19.2 Å². The summed E-state index contributed by atoms with van der Waals surface area (Å²) in [6.07, 6.45) is 0. The zero-order chi connectivity index (χ0) is 25.5. The molecule has 0 atom stereocenters. The molecule has 0 fully saturated rings. The van der Waals surface area contributed by atoms with E-state index >= 15 is 0 Å². The normalized spacial score (nSPS) is 20.8. The van der Waals surface area contributed by atoms with E-state index in [1.807, 2.05) is 0 Å². The lowest BCUT2D eigenvalue weighted by atomic mass is 9.99. The van der Waals surface area contributed by atoms with Crippen LogP contribution in [0.1, 0.15) is 19.2 Å². The Hall–Kier alpha value is -2.60. The minimum absolute atomic E-state index is 0.364. The van der Waals surface area contributed by atoms with E-state index < -0.39 is 95.7 Å². The fourth-order valence-corrected chi connectivity index (χ4v) is 1.81. The van der Waals surface area contributed by atoms with Gasteiger partial charge in [-0.3, -0.25) is 0 Å². The fourth-order valence-electron chi connectivity index (χ4n) is 1.81. The van der Waals surface area contributed by atoms with Crippen molar-refractivity contribution in [1.82, 2.24) is 0 Å². The summed E-state index contributed by atoms with van der Waals surface area (Å²) in [6.45, 7) is 0. The van der Waals surface area contributed by atoms with Gasteiger partial charge in [-0.05, 0) is 44.8 Å². The molecule has 4 aromatic rings. The molecule has 4 rings (SSSR count). The van der Waals surface area contributed by atoms with Gasteiger partial charge in [0.1, 0.15) is 0 Å². The molecule has 0 unspecified atom stereocenters. The van der Waals surface area contributed by atoms with E-state index in [0.29, 0.717) is 0 Å². The Balaban J connectivity index is 2.32. The van der Waals surface area contributed by atoms with Crippen molar-refractivity contribution in [1.29, 1.82) is 0 Å². The van der Waals surface area contributed by atoms with Crippen LogP contribution in [0.15, 0.2) is 84.6 Å².